The first-order valence-corrected chi connectivity index (χ1v) is 9.28. The lowest BCUT2D eigenvalue weighted by atomic mass is 10.2. The summed E-state index contributed by atoms with van der Waals surface area (Å²) < 4.78 is 11.5. The third kappa shape index (κ3) is 4.66. The quantitative estimate of drug-likeness (QED) is 0.474. The summed E-state index contributed by atoms with van der Waals surface area (Å²) in [6.07, 6.45) is 1.56. The highest BCUT2D eigenvalue weighted by Gasteiger charge is 2.11. The summed E-state index contributed by atoms with van der Waals surface area (Å²) in [5.74, 6) is 0.129. The van der Waals surface area contributed by atoms with E-state index < -0.39 is 11.8 Å². The SMILES string of the molecule is COc1ccc(C(=O)NCC(=O)NN=Cc2ccc3ccsc3c2)cc1OC. The van der Waals surface area contributed by atoms with E-state index in [9.17, 15) is 9.59 Å². The van der Waals surface area contributed by atoms with Gasteiger partial charge in [0, 0.05) is 10.3 Å². The molecule has 2 aromatic carbocycles. The minimum absolute atomic E-state index is 0.200. The van der Waals surface area contributed by atoms with Crippen molar-refractivity contribution in [1.29, 1.82) is 0 Å². The Morgan fingerprint density at radius 2 is 1.89 bits per heavy atom. The van der Waals surface area contributed by atoms with Gasteiger partial charge in [-0.3, -0.25) is 9.59 Å². The zero-order valence-electron chi connectivity index (χ0n) is 15.4. The largest absolute Gasteiger partial charge is 0.493 e. The number of fused-ring (bicyclic) bond motifs is 1. The molecule has 0 aliphatic carbocycles. The number of carbonyl (C=O) groups is 2. The maximum Gasteiger partial charge on any atom is 0.259 e. The van der Waals surface area contributed by atoms with E-state index in [1.807, 2.05) is 29.6 Å². The highest BCUT2D eigenvalue weighted by atomic mass is 32.1. The number of methoxy groups -OCH3 is 2. The van der Waals surface area contributed by atoms with E-state index in [0.29, 0.717) is 17.1 Å². The van der Waals surface area contributed by atoms with Crippen molar-refractivity contribution in [1.82, 2.24) is 10.7 Å². The van der Waals surface area contributed by atoms with Gasteiger partial charge in [0.2, 0.25) is 0 Å². The standard InChI is InChI=1S/C20H19N3O4S/c1-26-16-6-5-15(10-17(16)27-2)20(25)21-12-19(24)23-22-11-13-3-4-14-7-8-28-18(14)9-13/h3-11H,12H2,1-2H3,(H,21,25)(H,23,24). The first kappa shape index (κ1) is 19.4. The summed E-state index contributed by atoms with van der Waals surface area (Å²) in [6.45, 7) is -0.200. The van der Waals surface area contributed by atoms with Gasteiger partial charge in [-0.05, 0) is 46.7 Å². The topological polar surface area (TPSA) is 89.0 Å². The zero-order valence-corrected chi connectivity index (χ0v) is 16.2. The molecule has 0 aliphatic heterocycles. The smallest absolute Gasteiger partial charge is 0.259 e. The Bertz CT molecular complexity index is 1030. The molecule has 0 fully saturated rings. The van der Waals surface area contributed by atoms with Crippen LogP contribution in [0.15, 0.2) is 52.9 Å². The maximum atomic E-state index is 12.2. The van der Waals surface area contributed by atoms with Crippen molar-refractivity contribution in [3.63, 3.8) is 0 Å². The van der Waals surface area contributed by atoms with Crippen molar-refractivity contribution in [3.8, 4) is 11.5 Å². The normalized spacial score (nSPS) is 10.8. The Kier molecular flexibility index (Phi) is 6.23. The lowest BCUT2D eigenvalue weighted by molar-refractivity contribution is -0.120. The first-order valence-electron chi connectivity index (χ1n) is 8.40. The number of amides is 2. The Morgan fingerprint density at radius 1 is 1.07 bits per heavy atom. The summed E-state index contributed by atoms with van der Waals surface area (Å²) in [5.41, 5.74) is 3.63. The number of benzene rings is 2. The summed E-state index contributed by atoms with van der Waals surface area (Å²) in [7, 11) is 3.00. The molecule has 0 unspecified atom stereocenters. The zero-order chi connectivity index (χ0) is 19.9. The number of carbonyl (C=O) groups excluding carboxylic acids is 2. The molecule has 1 aromatic heterocycles. The van der Waals surface area contributed by atoms with Crippen LogP contribution in [0.25, 0.3) is 10.1 Å². The van der Waals surface area contributed by atoms with Crippen molar-refractivity contribution < 1.29 is 19.1 Å². The fraction of sp³-hybridized carbons (Fsp3) is 0.150. The van der Waals surface area contributed by atoms with Gasteiger partial charge >= 0.3 is 0 Å². The molecule has 2 N–H and O–H groups in total. The van der Waals surface area contributed by atoms with Gasteiger partial charge in [-0.2, -0.15) is 5.10 Å². The molecule has 0 aliphatic rings. The minimum atomic E-state index is -0.428. The van der Waals surface area contributed by atoms with Crippen molar-refractivity contribution in [2.45, 2.75) is 0 Å². The number of hydrogen-bond donors (Lipinski definition) is 2. The number of rotatable bonds is 7. The van der Waals surface area contributed by atoms with E-state index in [1.165, 1.54) is 19.6 Å². The molecule has 0 radical (unpaired) electrons. The average molecular weight is 397 g/mol. The molecular formula is C20H19N3O4S. The lowest BCUT2D eigenvalue weighted by Gasteiger charge is -2.09. The van der Waals surface area contributed by atoms with Gasteiger partial charge in [0.25, 0.3) is 11.8 Å². The van der Waals surface area contributed by atoms with Crippen LogP contribution in [0.3, 0.4) is 0 Å². The van der Waals surface area contributed by atoms with Crippen LogP contribution in [-0.2, 0) is 4.79 Å². The molecule has 0 saturated carbocycles. The Morgan fingerprint density at radius 3 is 2.68 bits per heavy atom. The molecule has 7 nitrogen and oxygen atoms in total. The molecule has 0 atom stereocenters. The van der Waals surface area contributed by atoms with Crippen LogP contribution in [0.5, 0.6) is 11.5 Å². The molecule has 3 rings (SSSR count). The third-order valence-corrected chi connectivity index (χ3v) is 4.82. The van der Waals surface area contributed by atoms with E-state index in [4.69, 9.17) is 9.47 Å². The van der Waals surface area contributed by atoms with Crippen LogP contribution in [0.4, 0.5) is 0 Å². The van der Waals surface area contributed by atoms with Crippen LogP contribution >= 0.6 is 11.3 Å². The Hall–Kier alpha value is -3.39. The van der Waals surface area contributed by atoms with Crippen LogP contribution in [0.1, 0.15) is 15.9 Å². The van der Waals surface area contributed by atoms with Crippen LogP contribution in [-0.4, -0.2) is 38.8 Å². The van der Waals surface area contributed by atoms with Gasteiger partial charge < -0.3 is 14.8 Å². The number of thiophene rings is 1. The average Bonchev–Trinajstić information content (AvgIpc) is 3.19. The van der Waals surface area contributed by atoms with E-state index in [-0.39, 0.29) is 6.54 Å². The molecule has 28 heavy (non-hydrogen) atoms. The number of hydrazone groups is 1. The predicted molar refractivity (Wildman–Crippen MR) is 109 cm³/mol. The van der Waals surface area contributed by atoms with Crippen molar-refractivity contribution in [3.05, 3.63) is 59.0 Å². The van der Waals surface area contributed by atoms with Gasteiger partial charge in [0.15, 0.2) is 11.5 Å². The fourth-order valence-electron chi connectivity index (χ4n) is 2.51. The van der Waals surface area contributed by atoms with Gasteiger partial charge in [-0.1, -0.05) is 12.1 Å². The number of ether oxygens (including phenoxy) is 2. The molecule has 144 valence electrons. The predicted octanol–water partition coefficient (Wildman–Crippen LogP) is 2.80. The molecule has 1 heterocycles. The van der Waals surface area contributed by atoms with Crippen molar-refractivity contribution in [2.24, 2.45) is 5.10 Å². The second-order valence-electron chi connectivity index (χ2n) is 5.76. The summed E-state index contributed by atoms with van der Waals surface area (Å²) in [4.78, 5) is 24.1. The first-order chi connectivity index (χ1) is 13.6. The minimum Gasteiger partial charge on any atom is -0.493 e. The Balaban J connectivity index is 1.51. The van der Waals surface area contributed by atoms with Gasteiger partial charge in [0.1, 0.15) is 0 Å². The molecule has 2 amide bonds. The number of hydrogen-bond acceptors (Lipinski definition) is 6. The summed E-state index contributed by atoms with van der Waals surface area (Å²) >= 11 is 1.64. The van der Waals surface area contributed by atoms with Crippen molar-refractivity contribution in [2.75, 3.05) is 20.8 Å². The maximum absolute atomic E-state index is 12.2. The van der Waals surface area contributed by atoms with Gasteiger partial charge in [-0.15, -0.1) is 11.3 Å². The van der Waals surface area contributed by atoms with Crippen LogP contribution in [0.2, 0.25) is 0 Å². The summed E-state index contributed by atoms with van der Waals surface area (Å²) in [6, 6.07) is 12.7. The lowest BCUT2D eigenvalue weighted by Crippen LogP contribution is -2.34. The van der Waals surface area contributed by atoms with Gasteiger partial charge in [-0.25, -0.2) is 5.43 Å². The number of nitrogens with one attached hydrogen (secondary N) is 2. The monoisotopic (exact) mass is 397 g/mol. The van der Waals surface area contributed by atoms with E-state index in [2.05, 4.69) is 15.8 Å². The molecule has 0 saturated heterocycles. The highest BCUT2D eigenvalue weighted by Crippen LogP contribution is 2.27. The molecule has 0 spiro atoms. The third-order valence-electron chi connectivity index (χ3n) is 3.94. The second-order valence-corrected chi connectivity index (χ2v) is 6.71. The fourth-order valence-corrected chi connectivity index (χ4v) is 3.35. The van der Waals surface area contributed by atoms with Crippen molar-refractivity contribution >= 4 is 39.5 Å². The molecule has 0 bridgehead atoms. The van der Waals surface area contributed by atoms with Crippen LogP contribution < -0.4 is 20.2 Å². The summed E-state index contributed by atoms with van der Waals surface area (Å²) in [5, 5.41) is 9.66. The number of nitrogens with zero attached hydrogens (tertiary/aromatic N) is 1. The van der Waals surface area contributed by atoms with E-state index >= 15 is 0 Å². The van der Waals surface area contributed by atoms with E-state index in [0.717, 1.165) is 10.3 Å². The Labute approximate surface area is 166 Å². The molecular weight excluding hydrogens is 378 g/mol. The van der Waals surface area contributed by atoms with Crippen LogP contribution in [0, 0.1) is 0 Å². The van der Waals surface area contributed by atoms with E-state index in [1.54, 1.807) is 35.8 Å². The molecule has 3 aromatic rings. The highest BCUT2D eigenvalue weighted by molar-refractivity contribution is 7.17. The second kappa shape index (κ2) is 9.01. The van der Waals surface area contributed by atoms with Gasteiger partial charge in [0.05, 0.1) is 27.0 Å². The molecule has 8 heteroatoms.